The highest BCUT2D eigenvalue weighted by atomic mass is 16.5. The molecule has 0 bridgehead atoms. The third kappa shape index (κ3) is 5.52. The van der Waals surface area contributed by atoms with Crippen molar-refractivity contribution >= 4 is 5.91 Å². The summed E-state index contributed by atoms with van der Waals surface area (Å²) in [6.45, 7) is 5.67. The molecular formula is C18H28N2O3. The maximum atomic E-state index is 12.1. The van der Waals surface area contributed by atoms with E-state index in [1.54, 1.807) is 13.2 Å². The number of likely N-dealkylation sites (tertiary alicyclic amines) is 1. The van der Waals surface area contributed by atoms with Crippen molar-refractivity contribution in [1.82, 2.24) is 10.2 Å². The van der Waals surface area contributed by atoms with Gasteiger partial charge in [0.25, 0.3) is 0 Å². The Morgan fingerprint density at radius 1 is 1.43 bits per heavy atom. The van der Waals surface area contributed by atoms with E-state index in [0.717, 1.165) is 38.0 Å². The predicted octanol–water partition coefficient (Wildman–Crippen LogP) is 1.97. The summed E-state index contributed by atoms with van der Waals surface area (Å²) < 4.78 is 5.15. The average molecular weight is 320 g/mol. The Kier molecular flexibility index (Phi) is 6.86. The van der Waals surface area contributed by atoms with Gasteiger partial charge >= 0.3 is 0 Å². The van der Waals surface area contributed by atoms with Crippen molar-refractivity contribution in [2.45, 2.75) is 32.3 Å². The van der Waals surface area contributed by atoms with Crippen molar-refractivity contribution in [2.24, 2.45) is 5.92 Å². The van der Waals surface area contributed by atoms with E-state index in [4.69, 9.17) is 4.74 Å². The number of aliphatic hydroxyl groups excluding tert-OH is 1. The number of carbonyl (C=O) groups is 1. The first-order chi connectivity index (χ1) is 11.1. The van der Waals surface area contributed by atoms with Gasteiger partial charge in [0.05, 0.1) is 13.2 Å². The Hall–Kier alpha value is -1.59. The van der Waals surface area contributed by atoms with Crippen molar-refractivity contribution < 1.29 is 14.6 Å². The van der Waals surface area contributed by atoms with E-state index in [0.29, 0.717) is 18.1 Å². The lowest BCUT2D eigenvalue weighted by Crippen LogP contribution is -2.36. The fraction of sp³-hybridized carbons (Fsp3) is 0.611. The molecule has 1 atom stereocenters. The van der Waals surface area contributed by atoms with E-state index in [2.05, 4.69) is 17.1 Å². The lowest BCUT2D eigenvalue weighted by molar-refractivity contribution is -0.122. The summed E-state index contributed by atoms with van der Waals surface area (Å²) in [5, 5.41) is 13.0. The molecular weight excluding hydrogens is 292 g/mol. The molecule has 23 heavy (non-hydrogen) atoms. The number of benzene rings is 1. The van der Waals surface area contributed by atoms with Crippen molar-refractivity contribution in [1.29, 1.82) is 0 Å². The van der Waals surface area contributed by atoms with Gasteiger partial charge in [-0.25, -0.2) is 0 Å². The zero-order chi connectivity index (χ0) is 16.7. The van der Waals surface area contributed by atoms with E-state index in [-0.39, 0.29) is 12.5 Å². The molecule has 0 aromatic heterocycles. The third-order valence-electron chi connectivity index (χ3n) is 4.60. The number of piperidine rings is 1. The van der Waals surface area contributed by atoms with Gasteiger partial charge in [-0.2, -0.15) is 0 Å². The van der Waals surface area contributed by atoms with E-state index in [1.165, 1.54) is 0 Å². The van der Waals surface area contributed by atoms with E-state index in [9.17, 15) is 9.90 Å². The van der Waals surface area contributed by atoms with E-state index < -0.39 is 6.10 Å². The Morgan fingerprint density at radius 2 is 2.17 bits per heavy atom. The minimum absolute atomic E-state index is 0.0295. The minimum atomic E-state index is -0.712. The molecule has 5 nitrogen and oxygen atoms in total. The van der Waals surface area contributed by atoms with Crippen molar-refractivity contribution in [3.63, 3.8) is 0 Å². The molecule has 1 aliphatic rings. The van der Waals surface area contributed by atoms with E-state index >= 15 is 0 Å². The summed E-state index contributed by atoms with van der Waals surface area (Å²) in [4.78, 5) is 14.5. The maximum absolute atomic E-state index is 12.1. The van der Waals surface area contributed by atoms with Crippen LogP contribution in [0.4, 0.5) is 0 Å². The molecule has 1 saturated heterocycles. The molecule has 0 spiro atoms. The van der Waals surface area contributed by atoms with Gasteiger partial charge in [-0.15, -0.1) is 0 Å². The van der Waals surface area contributed by atoms with Gasteiger partial charge in [-0.05, 0) is 56.1 Å². The fourth-order valence-corrected chi connectivity index (χ4v) is 3.02. The quantitative estimate of drug-likeness (QED) is 0.806. The topological polar surface area (TPSA) is 61.8 Å². The summed E-state index contributed by atoms with van der Waals surface area (Å²) >= 11 is 0. The monoisotopic (exact) mass is 320 g/mol. The van der Waals surface area contributed by atoms with Gasteiger partial charge in [0, 0.05) is 13.0 Å². The Balaban J connectivity index is 1.73. The largest absolute Gasteiger partial charge is 0.497 e. The van der Waals surface area contributed by atoms with E-state index in [1.807, 2.05) is 18.2 Å². The van der Waals surface area contributed by atoms with Crippen LogP contribution in [0.25, 0.3) is 0 Å². The number of rotatable bonds is 7. The Labute approximate surface area is 138 Å². The summed E-state index contributed by atoms with van der Waals surface area (Å²) in [6.07, 6.45) is 2.01. The number of carbonyl (C=O) groups excluding carboxylic acids is 1. The highest BCUT2D eigenvalue weighted by Crippen LogP contribution is 2.21. The molecule has 0 aliphatic carbocycles. The van der Waals surface area contributed by atoms with Crippen LogP contribution < -0.4 is 10.1 Å². The van der Waals surface area contributed by atoms with Gasteiger partial charge in [-0.1, -0.05) is 19.1 Å². The standard InChI is InChI=1S/C18H28N2O3/c1-3-20-9-7-14(8-10-20)11-18(22)19-13-17(21)15-5-4-6-16(12-15)23-2/h4-6,12,14,17,21H,3,7-11,13H2,1-2H3,(H,19,22)/t17-/m0/s1. The van der Waals surface area contributed by atoms with Crippen LogP contribution >= 0.6 is 0 Å². The van der Waals surface area contributed by atoms with Gasteiger partial charge in [0.15, 0.2) is 0 Å². The first-order valence-corrected chi connectivity index (χ1v) is 8.43. The molecule has 0 saturated carbocycles. The van der Waals surface area contributed by atoms with Gasteiger partial charge in [0.2, 0.25) is 5.91 Å². The van der Waals surface area contributed by atoms with Crippen LogP contribution in [0.1, 0.15) is 37.9 Å². The number of ether oxygens (including phenoxy) is 1. The second kappa shape index (κ2) is 8.89. The van der Waals surface area contributed by atoms with Gasteiger partial charge < -0.3 is 20.1 Å². The van der Waals surface area contributed by atoms with Gasteiger partial charge in [0.1, 0.15) is 5.75 Å². The van der Waals surface area contributed by atoms with Crippen LogP contribution in [-0.4, -0.2) is 49.2 Å². The average Bonchev–Trinajstić information content (AvgIpc) is 2.60. The lowest BCUT2D eigenvalue weighted by atomic mass is 9.93. The van der Waals surface area contributed by atoms with Crippen LogP contribution in [0.2, 0.25) is 0 Å². The maximum Gasteiger partial charge on any atom is 0.220 e. The van der Waals surface area contributed by atoms with Crippen molar-refractivity contribution in [3.05, 3.63) is 29.8 Å². The fourth-order valence-electron chi connectivity index (χ4n) is 3.02. The highest BCUT2D eigenvalue weighted by molar-refractivity contribution is 5.76. The molecule has 1 aromatic carbocycles. The molecule has 5 heteroatoms. The molecule has 1 heterocycles. The van der Waals surface area contributed by atoms with Crippen LogP contribution in [0.15, 0.2) is 24.3 Å². The minimum Gasteiger partial charge on any atom is -0.497 e. The summed E-state index contributed by atoms with van der Waals surface area (Å²) in [5.41, 5.74) is 0.751. The highest BCUT2D eigenvalue weighted by Gasteiger charge is 2.21. The molecule has 2 rings (SSSR count). The summed E-state index contributed by atoms with van der Waals surface area (Å²) in [6, 6.07) is 7.29. The first kappa shape index (κ1) is 17.8. The third-order valence-corrected chi connectivity index (χ3v) is 4.60. The van der Waals surface area contributed by atoms with Crippen LogP contribution in [-0.2, 0) is 4.79 Å². The second-order valence-electron chi connectivity index (χ2n) is 6.18. The molecule has 2 N–H and O–H groups in total. The molecule has 1 amide bonds. The Bertz CT molecular complexity index is 499. The molecule has 1 aliphatic heterocycles. The number of aliphatic hydroxyl groups is 1. The zero-order valence-electron chi connectivity index (χ0n) is 14.1. The van der Waals surface area contributed by atoms with Crippen LogP contribution in [0.3, 0.4) is 0 Å². The summed E-state index contributed by atoms with van der Waals surface area (Å²) in [5.74, 6) is 1.20. The van der Waals surface area contributed by atoms with Crippen LogP contribution in [0, 0.1) is 5.92 Å². The normalized spacial score (nSPS) is 17.7. The Morgan fingerprint density at radius 3 is 2.83 bits per heavy atom. The van der Waals surface area contributed by atoms with Crippen molar-refractivity contribution in [2.75, 3.05) is 33.3 Å². The van der Waals surface area contributed by atoms with Crippen LogP contribution in [0.5, 0.6) is 5.75 Å². The SMILES string of the molecule is CCN1CCC(CC(=O)NC[C@H](O)c2cccc(OC)c2)CC1. The molecule has 1 aromatic rings. The first-order valence-electron chi connectivity index (χ1n) is 8.43. The number of methoxy groups -OCH3 is 1. The molecule has 0 radical (unpaired) electrons. The molecule has 1 fully saturated rings. The number of nitrogens with one attached hydrogen (secondary N) is 1. The number of nitrogens with zero attached hydrogens (tertiary/aromatic N) is 1. The molecule has 0 unspecified atom stereocenters. The zero-order valence-corrected chi connectivity index (χ0v) is 14.1. The summed E-state index contributed by atoms with van der Waals surface area (Å²) in [7, 11) is 1.59. The number of amides is 1. The lowest BCUT2D eigenvalue weighted by Gasteiger charge is -2.30. The van der Waals surface area contributed by atoms with Crippen molar-refractivity contribution in [3.8, 4) is 5.75 Å². The van der Waals surface area contributed by atoms with Gasteiger partial charge in [-0.3, -0.25) is 4.79 Å². The number of hydrogen-bond acceptors (Lipinski definition) is 4. The predicted molar refractivity (Wildman–Crippen MR) is 90.4 cm³/mol. The molecule has 128 valence electrons. The number of hydrogen-bond donors (Lipinski definition) is 2. The smallest absolute Gasteiger partial charge is 0.220 e. The second-order valence-corrected chi connectivity index (χ2v) is 6.18.